The largest absolute Gasteiger partial charge is 0.381 e. The third kappa shape index (κ3) is 4.96. The maximum Gasteiger partial charge on any atom is 0.157 e. The second-order valence-electron chi connectivity index (χ2n) is 6.90. The molecule has 0 bridgehead atoms. The highest BCUT2D eigenvalue weighted by Crippen LogP contribution is 2.38. The molecule has 116 valence electrons. The summed E-state index contributed by atoms with van der Waals surface area (Å²) in [7, 11) is 0. The summed E-state index contributed by atoms with van der Waals surface area (Å²) in [5, 5.41) is 4.89. The summed E-state index contributed by atoms with van der Waals surface area (Å²) >= 11 is 1.92. The molecular weight excluding hydrogens is 268 g/mol. The normalized spacial score (nSPS) is 32.2. The van der Waals surface area contributed by atoms with Gasteiger partial charge in [-0.15, -0.1) is 0 Å². The highest BCUT2D eigenvalue weighted by molar-refractivity contribution is 8.14. The Labute approximate surface area is 128 Å². The van der Waals surface area contributed by atoms with Crippen LogP contribution in [0.25, 0.3) is 0 Å². The van der Waals surface area contributed by atoms with E-state index < -0.39 is 0 Å². The Morgan fingerprint density at radius 1 is 1.50 bits per heavy atom. The monoisotopic (exact) mass is 298 g/mol. The molecule has 2 unspecified atom stereocenters. The average molecular weight is 298 g/mol. The van der Waals surface area contributed by atoms with Crippen LogP contribution in [0.15, 0.2) is 4.99 Å². The molecule has 0 radical (unpaired) electrons. The molecule has 1 saturated heterocycles. The van der Waals surface area contributed by atoms with E-state index in [9.17, 15) is 0 Å². The van der Waals surface area contributed by atoms with Gasteiger partial charge < -0.3 is 10.1 Å². The lowest BCUT2D eigenvalue weighted by Crippen LogP contribution is -2.47. The van der Waals surface area contributed by atoms with Crippen molar-refractivity contribution in [2.75, 3.05) is 25.5 Å². The molecule has 1 spiro atoms. The summed E-state index contributed by atoms with van der Waals surface area (Å²) in [6.45, 7) is 9.34. The number of aliphatic imine (C=N–C) groups is 1. The molecule has 0 aromatic carbocycles. The minimum atomic E-state index is 0.356. The van der Waals surface area contributed by atoms with Gasteiger partial charge >= 0.3 is 0 Å². The molecule has 1 aliphatic heterocycles. The van der Waals surface area contributed by atoms with Gasteiger partial charge in [-0.05, 0) is 31.1 Å². The van der Waals surface area contributed by atoms with Crippen LogP contribution in [0.1, 0.15) is 52.9 Å². The maximum absolute atomic E-state index is 5.59. The highest BCUT2D eigenvalue weighted by Gasteiger charge is 2.40. The molecule has 4 heteroatoms. The second-order valence-corrected chi connectivity index (χ2v) is 7.87. The topological polar surface area (TPSA) is 33.6 Å². The van der Waals surface area contributed by atoms with Crippen molar-refractivity contribution >= 4 is 16.9 Å². The first kappa shape index (κ1) is 16.2. The number of hydrogen-bond donors (Lipinski definition) is 1. The van der Waals surface area contributed by atoms with Gasteiger partial charge in [0.15, 0.2) is 5.17 Å². The third-order valence-electron chi connectivity index (χ3n) is 4.10. The highest BCUT2D eigenvalue weighted by atomic mass is 32.2. The molecule has 2 fully saturated rings. The van der Waals surface area contributed by atoms with E-state index in [2.05, 4.69) is 26.1 Å². The quantitative estimate of drug-likeness (QED) is 0.759. The van der Waals surface area contributed by atoms with Gasteiger partial charge in [0, 0.05) is 31.1 Å². The van der Waals surface area contributed by atoms with E-state index >= 15 is 0 Å². The van der Waals surface area contributed by atoms with Crippen molar-refractivity contribution < 1.29 is 4.74 Å². The van der Waals surface area contributed by atoms with E-state index in [1.807, 2.05) is 11.8 Å². The van der Waals surface area contributed by atoms with Crippen molar-refractivity contribution in [3.8, 4) is 0 Å². The molecule has 0 amide bonds. The minimum Gasteiger partial charge on any atom is -0.381 e. The van der Waals surface area contributed by atoms with Crippen molar-refractivity contribution in [1.29, 1.82) is 0 Å². The number of hydrogen-bond acceptors (Lipinski definition) is 3. The number of amidine groups is 1. The average Bonchev–Trinajstić information content (AvgIpc) is 2.76. The van der Waals surface area contributed by atoms with Crippen LogP contribution in [0.2, 0.25) is 0 Å². The van der Waals surface area contributed by atoms with Crippen molar-refractivity contribution in [3.05, 3.63) is 0 Å². The fourth-order valence-electron chi connectivity index (χ4n) is 3.16. The first-order valence-electron chi connectivity index (χ1n) is 8.13. The molecule has 0 aromatic rings. The molecule has 0 aromatic heterocycles. The SMILES string of the molecule is CC(C)COCCCN=C1NC2(CCCC(C)C2)CS1. The van der Waals surface area contributed by atoms with Gasteiger partial charge in [-0.25, -0.2) is 0 Å². The first-order chi connectivity index (χ1) is 9.60. The van der Waals surface area contributed by atoms with Gasteiger partial charge in [-0.3, -0.25) is 4.99 Å². The van der Waals surface area contributed by atoms with Crippen LogP contribution >= 0.6 is 11.8 Å². The van der Waals surface area contributed by atoms with Gasteiger partial charge in [0.25, 0.3) is 0 Å². The Hall–Kier alpha value is -0.220. The van der Waals surface area contributed by atoms with Crippen molar-refractivity contribution in [3.63, 3.8) is 0 Å². The Morgan fingerprint density at radius 3 is 3.10 bits per heavy atom. The van der Waals surface area contributed by atoms with Crippen molar-refractivity contribution in [2.45, 2.75) is 58.4 Å². The van der Waals surface area contributed by atoms with E-state index in [0.717, 1.165) is 32.1 Å². The molecule has 2 atom stereocenters. The lowest BCUT2D eigenvalue weighted by molar-refractivity contribution is 0.109. The fraction of sp³-hybridized carbons (Fsp3) is 0.938. The van der Waals surface area contributed by atoms with Crippen LogP contribution in [-0.2, 0) is 4.74 Å². The minimum absolute atomic E-state index is 0.356. The van der Waals surface area contributed by atoms with Gasteiger partial charge in [0.1, 0.15) is 0 Å². The van der Waals surface area contributed by atoms with Crippen LogP contribution in [0.5, 0.6) is 0 Å². The summed E-state index contributed by atoms with van der Waals surface area (Å²) in [4.78, 5) is 4.70. The third-order valence-corrected chi connectivity index (χ3v) is 5.30. The molecule has 2 rings (SSSR count). The summed E-state index contributed by atoms with van der Waals surface area (Å²) in [6.07, 6.45) is 6.43. The number of ether oxygens (including phenoxy) is 1. The van der Waals surface area contributed by atoms with Gasteiger partial charge in [0.05, 0.1) is 0 Å². The second kappa shape index (κ2) is 7.69. The fourth-order valence-corrected chi connectivity index (χ4v) is 4.38. The Balaban J connectivity index is 1.66. The zero-order valence-electron chi connectivity index (χ0n) is 13.3. The zero-order chi connectivity index (χ0) is 14.4. The predicted molar refractivity (Wildman–Crippen MR) is 88.5 cm³/mol. The van der Waals surface area contributed by atoms with E-state index in [-0.39, 0.29) is 0 Å². The lowest BCUT2D eigenvalue weighted by atomic mass is 9.78. The summed E-state index contributed by atoms with van der Waals surface area (Å²) < 4.78 is 5.59. The van der Waals surface area contributed by atoms with Gasteiger partial charge in [0.2, 0.25) is 0 Å². The summed E-state index contributed by atoms with van der Waals surface area (Å²) in [5.41, 5.74) is 0.356. The molecule has 2 aliphatic rings. The molecule has 20 heavy (non-hydrogen) atoms. The maximum atomic E-state index is 5.59. The number of rotatable bonds is 6. The molecule has 1 aliphatic carbocycles. The molecule has 1 heterocycles. The van der Waals surface area contributed by atoms with Gasteiger partial charge in [-0.2, -0.15) is 0 Å². The van der Waals surface area contributed by atoms with E-state index in [1.165, 1.54) is 36.6 Å². The predicted octanol–water partition coefficient (Wildman–Crippen LogP) is 3.69. The van der Waals surface area contributed by atoms with Crippen molar-refractivity contribution in [2.24, 2.45) is 16.8 Å². The number of nitrogens with one attached hydrogen (secondary N) is 1. The van der Waals surface area contributed by atoms with Gasteiger partial charge in [-0.1, -0.05) is 45.4 Å². The Bertz CT molecular complexity index is 332. The number of thioether (sulfide) groups is 1. The lowest BCUT2D eigenvalue weighted by Gasteiger charge is -2.36. The summed E-state index contributed by atoms with van der Waals surface area (Å²) in [6, 6.07) is 0. The Kier molecular flexibility index (Phi) is 6.21. The Morgan fingerprint density at radius 2 is 2.35 bits per heavy atom. The van der Waals surface area contributed by atoms with Crippen LogP contribution < -0.4 is 5.32 Å². The molecule has 1 saturated carbocycles. The molecular formula is C16H30N2OS. The van der Waals surface area contributed by atoms with Crippen LogP contribution in [0.4, 0.5) is 0 Å². The van der Waals surface area contributed by atoms with Crippen LogP contribution in [0.3, 0.4) is 0 Å². The van der Waals surface area contributed by atoms with Crippen molar-refractivity contribution in [1.82, 2.24) is 5.32 Å². The zero-order valence-corrected chi connectivity index (χ0v) is 14.1. The van der Waals surface area contributed by atoms with Crippen LogP contribution in [0, 0.1) is 11.8 Å². The van der Waals surface area contributed by atoms with Crippen LogP contribution in [-0.4, -0.2) is 36.2 Å². The molecule has 3 nitrogen and oxygen atoms in total. The van der Waals surface area contributed by atoms with E-state index in [0.29, 0.717) is 11.5 Å². The standard InChI is InChI=1S/C16H30N2OS/c1-13(2)11-19-9-5-8-17-15-18-16(12-20-15)7-4-6-14(3)10-16/h13-14H,4-12H2,1-3H3,(H,17,18). The summed E-state index contributed by atoms with van der Waals surface area (Å²) in [5.74, 6) is 2.70. The van der Waals surface area contributed by atoms with E-state index in [4.69, 9.17) is 9.73 Å². The molecule has 1 N–H and O–H groups in total. The first-order valence-corrected chi connectivity index (χ1v) is 9.11. The smallest absolute Gasteiger partial charge is 0.157 e. The van der Waals surface area contributed by atoms with E-state index in [1.54, 1.807) is 0 Å². The number of nitrogens with zero attached hydrogens (tertiary/aromatic N) is 1.